The van der Waals surface area contributed by atoms with E-state index >= 15 is 0 Å². The molecule has 1 atom stereocenters. The van der Waals surface area contributed by atoms with Crippen LogP contribution in [-0.4, -0.2) is 48.5 Å². The van der Waals surface area contributed by atoms with Gasteiger partial charge in [0.05, 0.1) is 17.3 Å². The number of amides is 1. The van der Waals surface area contributed by atoms with Crippen LogP contribution in [0.3, 0.4) is 0 Å². The molecule has 0 saturated carbocycles. The number of hydrogen-bond acceptors (Lipinski definition) is 4. The minimum atomic E-state index is -0.341. The first-order chi connectivity index (χ1) is 10.0. The van der Waals surface area contributed by atoms with Gasteiger partial charge in [-0.2, -0.15) is 0 Å². The summed E-state index contributed by atoms with van der Waals surface area (Å²) in [5, 5.41) is 0. The van der Waals surface area contributed by atoms with Crippen LogP contribution in [0.5, 0.6) is 0 Å². The molecule has 1 fully saturated rings. The molecule has 2 rings (SSSR count). The molecule has 22 heavy (non-hydrogen) atoms. The second kappa shape index (κ2) is 5.89. The van der Waals surface area contributed by atoms with Crippen LogP contribution < -0.4 is 0 Å². The second-order valence-electron chi connectivity index (χ2n) is 7.53. The van der Waals surface area contributed by atoms with Crippen molar-refractivity contribution >= 4 is 13.2 Å². The zero-order valence-corrected chi connectivity index (χ0v) is 14.8. The first-order valence-corrected chi connectivity index (χ1v) is 8.04. The third-order valence-electron chi connectivity index (χ3n) is 4.73. The maximum absolute atomic E-state index is 12.0. The average Bonchev–Trinajstić information content (AvgIpc) is 2.57. The highest BCUT2D eigenvalue weighted by molar-refractivity contribution is 6.54. The highest BCUT2D eigenvalue weighted by atomic mass is 16.7. The zero-order chi connectivity index (χ0) is 16.7. The number of carbonyl (C=O) groups is 1. The number of hydrogen-bond donors (Lipinski definition) is 0. The SMILES string of the molecule is CC(C)OC(=O)N1CC=C(B2OC(C)(C)C(C)(C)O2)C(C)C1. The van der Waals surface area contributed by atoms with Gasteiger partial charge in [0.15, 0.2) is 0 Å². The van der Waals surface area contributed by atoms with Gasteiger partial charge in [0.25, 0.3) is 0 Å². The first kappa shape index (κ1) is 17.4. The summed E-state index contributed by atoms with van der Waals surface area (Å²) in [7, 11) is -0.330. The fourth-order valence-corrected chi connectivity index (χ4v) is 2.66. The summed E-state index contributed by atoms with van der Waals surface area (Å²) >= 11 is 0. The van der Waals surface area contributed by atoms with E-state index in [1.54, 1.807) is 4.90 Å². The van der Waals surface area contributed by atoms with Gasteiger partial charge < -0.3 is 18.9 Å². The van der Waals surface area contributed by atoms with E-state index in [1.165, 1.54) is 0 Å². The van der Waals surface area contributed by atoms with Crippen LogP contribution in [0.2, 0.25) is 0 Å². The summed E-state index contributed by atoms with van der Waals surface area (Å²) in [6.45, 7) is 15.2. The molecule has 1 unspecified atom stereocenters. The molecular formula is C16H28BNO4. The third-order valence-corrected chi connectivity index (χ3v) is 4.73. The van der Waals surface area contributed by atoms with Crippen molar-refractivity contribution in [1.82, 2.24) is 4.90 Å². The summed E-state index contributed by atoms with van der Waals surface area (Å²) < 4.78 is 17.5. The molecule has 6 heteroatoms. The standard InChI is InChI=1S/C16H28BNO4/c1-11(2)20-14(19)18-9-8-13(12(3)10-18)17-21-15(4,5)16(6,7)22-17/h8,11-12H,9-10H2,1-7H3. The Kier molecular flexibility index (Phi) is 4.65. The Morgan fingerprint density at radius 2 is 1.86 bits per heavy atom. The van der Waals surface area contributed by atoms with Gasteiger partial charge in [-0.25, -0.2) is 4.79 Å². The minimum Gasteiger partial charge on any atom is -0.447 e. The van der Waals surface area contributed by atoms with Gasteiger partial charge in [-0.1, -0.05) is 13.0 Å². The van der Waals surface area contributed by atoms with Gasteiger partial charge in [-0.3, -0.25) is 0 Å². The summed E-state index contributed by atoms with van der Waals surface area (Å²) in [5.41, 5.74) is 0.435. The third kappa shape index (κ3) is 3.33. The molecule has 2 aliphatic heterocycles. The van der Waals surface area contributed by atoms with Crippen molar-refractivity contribution in [1.29, 1.82) is 0 Å². The monoisotopic (exact) mass is 309 g/mol. The lowest BCUT2D eigenvalue weighted by Crippen LogP contribution is -2.42. The Balaban J connectivity index is 2.06. The predicted octanol–water partition coefficient (Wildman–Crippen LogP) is 3.04. The van der Waals surface area contributed by atoms with Crippen LogP contribution >= 0.6 is 0 Å². The molecule has 0 bridgehead atoms. The summed E-state index contributed by atoms with van der Waals surface area (Å²) in [6, 6.07) is 0. The Labute approximate surface area is 134 Å². The smallest absolute Gasteiger partial charge is 0.447 e. The Morgan fingerprint density at radius 3 is 2.32 bits per heavy atom. The molecular weight excluding hydrogens is 281 g/mol. The van der Waals surface area contributed by atoms with Crippen molar-refractivity contribution in [2.45, 2.75) is 65.8 Å². The molecule has 124 valence electrons. The average molecular weight is 309 g/mol. The maximum Gasteiger partial charge on any atom is 0.490 e. The molecule has 0 aromatic carbocycles. The largest absolute Gasteiger partial charge is 0.490 e. The van der Waals surface area contributed by atoms with Crippen LogP contribution in [0, 0.1) is 5.92 Å². The fraction of sp³-hybridized carbons (Fsp3) is 0.812. The van der Waals surface area contributed by atoms with Crippen molar-refractivity contribution < 1.29 is 18.8 Å². The summed E-state index contributed by atoms with van der Waals surface area (Å²) in [6.07, 6.45) is 1.68. The van der Waals surface area contributed by atoms with Gasteiger partial charge in [-0.05, 0) is 52.9 Å². The van der Waals surface area contributed by atoms with E-state index in [9.17, 15) is 4.79 Å². The minimum absolute atomic E-state index is 0.101. The lowest BCUT2D eigenvalue weighted by Gasteiger charge is -2.32. The molecule has 1 amide bonds. The molecule has 1 saturated heterocycles. The first-order valence-electron chi connectivity index (χ1n) is 8.04. The predicted molar refractivity (Wildman–Crippen MR) is 86.5 cm³/mol. The van der Waals surface area contributed by atoms with E-state index in [4.69, 9.17) is 14.0 Å². The van der Waals surface area contributed by atoms with Crippen molar-refractivity contribution in [3.05, 3.63) is 11.5 Å². The topological polar surface area (TPSA) is 48.0 Å². The Bertz CT molecular complexity index is 457. The van der Waals surface area contributed by atoms with E-state index in [0.29, 0.717) is 13.1 Å². The molecule has 0 aromatic rings. The number of ether oxygens (including phenoxy) is 1. The lowest BCUT2D eigenvalue weighted by molar-refractivity contribution is 0.00578. The van der Waals surface area contributed by atoms with Crippen LogP contribution in [0.4, 0.5) is 4.79 Å². The lowest BCUT2D eigenvalue weighted by atomic mass is 9.70. The number of nitrogens with zero attached hydrogens (tertiary/aromatic N) is 1. The quantitative estimate of drug-likeness (QED) is 0.736. The second-order valence-corrected chi connectivity index (χ2v) is 7.53. The molecule has 0 aliphatic carbocycles. The normalized spacial score (nSPS) is 27.1. The fourth-order valence-electron chi connectivity index (χ4n) is 2.66. The Hall–Kier alpha value is -1.01. The summed E-state index contributed by atoms with van der Waals surface area (Å²) in [5.74, 6) is 0.183. The molecule has 0 aromatic heterocycles. The van der Waals surface area contributed by atoms with Gasteiger partial charge in [-0.15, -0.1) is 0 Å². The molecule has 2 heterocycles. The van der Waals surface area contributed by atoms with Crippen LogP contribution in [0.25, 0.3) is 0 Å². The van der Waals surface area contributed by atoms with Crippen LogP contribution in [0.1, 0.15) is 48.5 Å². The highest BCUT2D eigenvalue weighted by Crippen LogP contribution is 2.40. The van der Waals surface area contributed by atoms with E-state index in [0.717, 1.165) is 5.47 Å². The van der Waals surface area contributed by atoms with Crippen LogP contribution in [0.15, 0.2) is 11.5 Å². The van der Waals surface area contributed by atoms with Crippen molar-refractivity contribution in [2.24, 2.45) is 5.92 Å². The number of carbonyl (C=O) groups excluding carboxylic acids is 1. The molecule has 0 N–H and O–H groups in total. The number of rotatable bonds is 2. The van der Waals surface area contributed by atoms with E-state index < -0.39 is 0 Å². The van der Waals surface area contributed by atoms with E-state index in [1.807, 2.05) is 47.6 Å². The molecule has 0 radical (unpaired) electrons. The highest BCUT2D eigenvalue weighted by Gasteiger charge is 2.53. The van der Waals surface area contributed by atoms with Gasteiger partial charge in [0, 0.05) is 13.1 Å². The summed E-state index contributed by atoms with van der Waals surface area (Å²) in [4.78, 5) is 13.7. The van der Waals surface area contributed by atoms with Gasteiger partial charge in [0.1, 0.15) is 0 Å². The van der Waals surface area contributed by atoms with E-state index in [2.05, 4.69) is 6.92 Å². The van der Waals surface area contributed by atoms with Crippen molar-refractivity contribution in [2.75, 3.05) is 13.1 Å². The van der Waals surface area contributed by atoms with Gasteiger partial charge >= 0.3 is 13.2 Å². The Morgan fingerprint density at radius 1 is 1.32 bits per heavy atom. The van der Waals surface area contributed by atoms with E-state index in [-0.39, 0.29) is 36.4 Å². The zero-order valence-electron chi connectivity index (χ0n) is 14.8. The molecule has 2 aliphatic rings. The van der Waals surface area contributed by atoms with Gasteiger partial charge in [0.2, 0.25) is 0 Å². The molecule has 0 spiro atoms. The maximum atomic E-state index is 12.0. The van der Waals surface area contributed by atoms with Crippen LogP contribution in [-0.2, 0) is 14.0 Å². The molecule has 5 nitrogen and oxygen atoms in total. The van der Waals surface area contributed by atoms with Crippen molar-refractivity contribution in [3.63, 3.8) is 0 Å². The van der Waals surface area contributed by atoms with Crippen molar-refractivity contribution in [3.8, 4) is 0 Å².